The van der Waals surface area contributed by atoms with E-state index in [9.17, 15) is 4.79 Å². The van der Waals surface area contributed by atoms with Crippen LogP contribution in [0.5, 0.6) is 0 Å². The fourth-order valence-electron chi connectivity index (χ4n) is 0.880. The minimum atomic E-state index is -0.670. The van der Waals surface area contributed by atoms with Crippen molar-refractivity contribution < 1.29 is 9.90 Å². The highest BCUT2D eigenvalue weighted by Crippen LogP contribution is 2.04. The van der Waals surface area contributed by atoms with Gasteiger partial charge in [-0.1, -0.05) is 46.5 Å². The van der Waals surface area contributed by atoms with Crippen molar-refractivity contribution in [1.82, 2.24) is 0 Å². The van der Waals surface area contributed by atoms with E-state index in [0.717, 1.165) is 12.8 Å². The van der Waals surface area contributed by atoms with Gasteiger partial charge in [0.1, 0.15) is 0 Å². The third kappa shape index (κ3) is 16.2. The summed E-state index contributed by atoms with van der Waals surface area (Å²) >= 11 is 0. The Morgan fingerprint density at radius 3 is 2.00 bits per heavy atom. The number of unbranched alkanes of at least 4 members (excludes halogenated alkanes) is 4. The van der Waals surface area contributed by atoms with Crippen molar-refractivity contribution in [3.63, 3.8) is 0 Å². The van der Waals surface area contributed by atoms with Crippen LogP contribution in [0, 0.1) is 0 Å². The van der Waals surface area contributed by atoms with Crippen LogP contribution in [0.2, 0.25) is 0 Å². The molecule has 0 bridgehead atoms. The molecule has 2 heteroatoms. The SMILES string of the molecule is CC.CCCCCCCC(=O)O. The predicted octanol–water partition coefficient (Wildman–Crippen LogP) is 3.46. The van der Waals surface area contributed by atoms with E-state index in [0.29, 0.717) is 6.42 Å². The number of carboxylic acid groups (broad SMARTS) is 1. The fraction of sp³-hybridized carbons (Fsp3) is 0.900. The molecule has 1 N–H and O–H groups in total. The number of hydrogen-bond acceptors (Lipinski definition) is 1. The molecule has 0 amide bonds. The van der Waals surface area contributed by atoms with E-state index < -0.39 is 5.97 Å². The maximum Gasteiger partial charge on any atom is 0.303 e. The van der Waals surface area contributed by atoms with Crippen LogP contribution in [-0.4, -0.2) is 11.1 Å². The molecule has 0 aliphatic rings. The zero-order valence-electron chi connectivity index (χ0n) is 8.60. The van der Waals surface area contributed by atoms with Crippen molar-refractivity contribution in [3.8, 4) is 0 Å². The number of rotatable bonds is 6. The van der Waals surface area contributed by atoms with Crippen LogP contribution >= 0.6 is 0 Å². The van der Waals surface area contributed by atoms with Gasteiger partial charge >= 0.3 is 5.97 Å². The van der Waals surface area contributed by atoms with E-state index in [1.165, 1.54) is 19.3 Å². The molecule has 0 radical (unpaired) electrons. The minimum absolute atomic E-state index is 0.337. The molecule has 0 aliphatic heterocycles. The summed E-state index contributed by atoms with van der Waals surface area (Å²) in [7, 11) is 0. The minimum Gasteiger partial charge on any atom is -0.481 e. The van der Waals surface area contributed by atoms with Crippen LogP contribution in [0.1, 0.15) is 59.3 Å². The van der Waals surface area contributed by atoms with Gasteiger partial charge < -0.3 is 5.11 Å². The molecule has 0 spiro atoms. The van der Waals surface area contributed by atoms with Gasteiger partial charge in [-0.25, -0.2) is 0 Å². The largest absolute Gasteiger partial charge is 0.481 e. The smallest absolute Gasteiger partial charge is 0.303 e. The molecule has 0 aromatic rings. The van der Waals surface area contributed by atoms with E-state index in [4.69, 9.17) is 5.11 Å². The van der Waals surface area contributed by atoms with Crippen molar-refractivity contribution in [2.45, 2.75) is 59.3 Å². The van der Waals surface area contributed by atoms with E-state index >= 15 is 0 Å². The first kappa shape index (κ1) is 14.0. The molecule has 0 aliphatic carbocycles. The Morgan fingerprint density at radius 1 is 1.08 bits per heavy atom. The van der Waals surface area contributed by atoms with Gasteiger partial charge in [0.05, 0.1) is 0 Å². The molecule has 2 nitrogen and oxygen atoms in total. The molecular formula is C10H22O2. The molecule has 0 fully saturated rings. The first-order valence-corrected chi connectivity index (χ1v) is 4.99. The van der Waals surface area contributed by atoms with Crippen molar-refractivity contribution >= 4 is 5.97 Å². The zero-order valence-corrected chi connectivity index (χ0v) is 8.60. The Balaban J connectivity index is 0. The Labute approximate surface area is 76.0 Å². The monoisotopic (exact) mass is 174 g/mol. The quantitative estimate of drug-likeness (QED) is 0.626. The molecule has 0 aromatic heterocycles. The zero-order chi connectivity index (χ0) is 9.82. The lowest BCUT2D eigenvalue weighted by Gasteiger charge is -1.95. The highest BCUT2D eigenvalue weighted by molar-refractivity contribution is 5.66. The summed E-state index contributed by atoms with van der Waals surface area (Å²) in [5.74, 6) is -0.670. The van der Waals surface area contributed by atoms with E-state index in [2.05, 4.69) is 6.92 Å². The van der Waals surface area contributed by atoms with Crippen molar-refractivity contribution in [3.05, 3.63) is 0 Å². The first-order chi connectivity index (χ1) is 5.77. The summed E-state index contributed by atoms with van der Waals surface area (Å²) in [6, 6.07) is 0. The summed E-state index contributed by atoms with van der Waals surface area (Å²) in [5.41, 5.74) is 0. The van der Waals surface area contributed by atoms with Gasteiger partial charge in [-0.15, -0.1) is 0 Å². The normalized spacial score (nSPS) is 8.58. The van der Waals surface area contributed by atoms with Gasteiger partial charge in [0, 0.05) is 6.42 Å². The number of hydrogen-bond donors (Lipinski definition) is 1. The number of aliphatic carboxylic acids is 1. The second-order valence-corrected chi connectivity index (χ2v) is 2.56. The van der Waals surface area contributed by atoms with Crippen LogP contribution in [0.3, 0.4) is 0 Å². The molecule has 0 aromatic carbocycles. The van der Waals surface area contributed by atoms with Gasteiger partial charge in [-0.3, -0.25) is 4.79 Å². The van der Waals surface area contributed by atoms with E-state index in [1.54, 1.807) is 0 Å². The first-order valence-electron chi connectivity index (χ1n) is 4.99. The molecule has 12 heavy (non-hydrogen) atoms. The third-order valence-electron chi connectivity index (χ3n) is 1.49. The van der Waals surface area contributed by atoms with Crippen LogP contribution in [0.15, 0.2) is 0 Å². The molecule has 0 heterocycles. The molecule has 0 saturated carbocycles. The summed E-state index contributed by atoms with van der Waals surface area (Å²) < 4.78 is 0. The van der Waals surface area contributed by atoms with E-state index in [-0.39, 0.29) is 0 Å². The van der Waals surface area contributed by atoms with Gasteiger partial charge in [0.15, 0.2) is 0 Å². The molecular weight excluding hydrogens is 152 g/mol. The lowest BCUT2D eigenvalue weighted by atomic mass is 10.1. The Hall–Kier alpha value is -0.530. The van der Waals surface area contributed by atoms with Gasteiger partial charge in [-0.2, -0.15) is 0 Å². The van der Waals surface area contributed by atoms with Gasteiger partial charge in [0.2, 0.25) is 0 Å². The molecule has 74 valence electrons. The Bertz CT molecular complexity index is 89.8. The molecule has 0 unspecified atom stereocenters. The highest BCUT2D eigenvalue weighted by atomic mass is 16.4. The van der Waals surface area contributed by atoms with Crippen molar-refractivity contribution in [1.29, 1.82) is 0 Å². The highest BCUT2D eigenvalue weighted by Gasteiger charge is 1.94. The lowest BCUT2D eigenvalue weighted by Crippen LogP contribution is -1.93. The van der Waals surface area contributed by atoms with Crippen molar-refractivity contribution in [2.24, 2.45) is 0 Å². The van der Waals surface area contributed by atoms with Crippen LogP contribution < -0.4 is 0 Å². The molecule has 0 saturated heterocycles. The number of carboxylic acids is 1. The van der Waals surface area contributed by atoms with Gasteiger partial charge in [0.25, 0.3) is 0 Å². The van der Waals surface area contributed by atoms with Crippen LogP contribution in [0.25, 0.3) is 0 Å². The standard InChI is InChI=1S/C8H16O2.C2H6/c1-2-3-4-5-6-7-8(9)10;1-2/h2-7H2,1H3,(H,9,10);1-2H3. The summed E-state index contributed by atoms with van der Waals surface area (Å²) in [5, 5.41) is 8.27. The average molecular weight is 174 g/mol. The summed E-state index contributed by atoms with van der Waals surface area (Å²) in [6.45, 7) is 6.15. The predicted molar refractivity (Wildman–Crippen MR) is 52.4 cm³/mol. The van der Waals surface area contributed by atoms with E-state index in [1.807, 2.05) is 13.8 Å². The average Bonchev–Trinajstić information content (AvgIpc) is 2.07. The van der Waals surface area contributed by atoms with Crippen LogP contribution in [-0.2, 0) is 4.79 Å². The fourth-order valence-corrected chi connectivity index (χ4v) is 0.880. The Morgan fingerprint density at radius 2 is 1.58 bits per heavy atom. The topological polar surface area (TPSA) is 37.3 Å². The lowest BCUT2D eigenvalue weighted by molar-refractivity contribution is -0.137. The Kier molecular flexibility index (Phi) is 15.3. The second-order valence-electron chi connectivity index (χ2n) is 2.56. The molecule has 0 rings (SSSR count). The second kappa shape index (κ2) is 13.1. The van der Waals surface area contributed by atoms with Crippen LogP contribution in [0.4, 0.5) is 0 Å². The summed E-state index contributed by atoms with van der Waals surface area (Å²) in [6.07, 6.45) is 5.88. The van der Waals surface area contributed by atoms with Crippen molar-refractivity contribution in [2.75, 3.05) is 0 Å². The maximum absolute atomic E-state index is 10.0. The third-order valence-corrected chi connectivity index (χ3v) is 1.49. The maximum atomic E-state index is 10.0. The van der Waals surface area contributed by atoms with Gasteiger partial charge in [-0.05, 0) is 6.42 Å². The summed E-state index contributed by atoms with van der Waals surface area (Å²) in [4.78, 5) is 10.0. The molecule has 0 atom stereocenters. The number of carbonyl (C=O) groups is 1.